The Morgan fingerprint density at radius 1 is 1.59 bits per heavy atom. The van der Waals surface area contributed by atoms with Crippen LogP contribution in [0.25, 0.3) is 0 Å². The maximum absolute atomic E-state index is 9.21. The molecule has 2 heterocycles. The van der Waals surface area contributed by atoms with Crippen molar-refractivity contribution >= 4 is 5.95 Å². The van der Waals surface area contributed by atoms with Gasteiger partial charge in [-0.1, -0.05) is 0 Å². The van der Waals surface area contributed by atoms with Gasteiger partial charge in [0.15, 0.2) is 0 Å². The van der Waals surface area contributed by atoms with E-state index in [1.165, 1.54) is 0 Å². The molecule has 0 spiro atoms. The molecule has 0 radical (unpaired) electrons. The molecule has 0 aliphatic carbocycles. The molecule has 1 aliphatic heterocycles. The minimum Gasteiger partial charge on any atom is -0.396 e. The summed E-state index contributed by atoms with van der Waals surface area (Å²) in [6.45, 7) is 2.56. The zero-order chi connectivity index (χ0) is 12.1. The van der Waals surface area contributed by atoms with Gasteiger partial charge in [0, 0.05) is 33.0 Å². The van der Waals surface area contributed by atoms with E-state index >= 15 is 0 Å². The highest BCUT2D eigenvalue weighted by molar-refractivity contribution is 5.31. The summed E-state index contributed by atoms with van der Waals surface area (Å²) in [6.07, 6.45) is 3.94. The minimum atomic E-state index is 0.244. The fourth-order valence-electron chi connectivity index (χ4n) is 2.16. The number of rotatable bonds is 4. The van der Waals surface area contributed by atoms with E-state index in [0.29, 0.717) is 12.5 Å². The molecule has 1 aromatic rings. The van der Waals surface area contributed by atoms with Crippen molar-refractivity contribution in [3.8, 4) is 0 Å². The summed E-state index contributed by atoms with van der Waals surface area (Å²) in [5.74, 6) is 1.09. The zero-order valence-electron chi connectivity index (χ0n) is 10.2. The van der Waals surface area contributed by atoms with Crippen LogP contribution in [-0.2, 0) is 11.3 Å². The highest BCUT2D eigenvalue weighted by atomic mass is 16.5. The Balaban J connectivity index is 2.07. The van der Waals surface area contributed by atoms with E-state index in [1.807, 2.05) is 6.07 Å². The molecule has 1 N–H and O–H groups in total. The summed E-state index contributed by atoms with van der Waals surface area (Å²) >= 11 is 0. The first-order valence-corrected chi connectivity index (χ1v) is 6.00. The normalized spacial score (nSPS) is 20.6. The third-order valence-electron chi connectivity index (χ3n) is 3.05. The van der Waals surface area contributed by atoms with E-state index in [9.17, 15) is 5.11 Å². The third-order valence-corrected chi connectivity index (χ3v) is 3.05. The van der Waals surface area contributed by atoms with E-state index in [4.69, 9.17) is 4.74 Å². The quantitative estimate of drug-likeness (QED) is 0.840. The number of methoxy groups -OCH3 is 1. The van der Waals surface area contributed by atoms with Gasteiger partial charge >= 0.3 is 0 Å². The molecule has 0 amide bonds. The third kappa shape index (κ3) is 3.14. The second kappa shape index (κ2) is 5.93. The minimum absolute atomic E-state index is 0.244. The van der Waals surface area contributed by atoms with Crippen LogP contribution in [0.15, 0.2) is 12.3 Å². The van der Waals surface area contributed by atoms with Crippen molar-refractivity contribution in [1.29, 1.82) is 0 Å². The first-order chi connectivity index (χ1) is 8.33. The van der Waals surface area contributed by atoms with Crippen LogP contribution < -0.4 is 4.90 Å². The molecule has 1 aromatic heterocycles. The van der Waals surface area contributed by atoms with E-state index in [-0.39, 0.29) is 6.61 Å². The first kappa shape index (κ1) is 12.3. The predicted molar refractivity (Wildman–Crippen MR) is 64.8 cm³/mol. The van der Waals surface area contributed by atoms with Gasteiger partial charge in [-0.2, -0.15) is 0 Å². The lowest BCUT2D eigenvalue weighted by Crippen LogP contribution is -2.37. The van der Waals surface area contributed by atoms with Gasteiger partial charge in [0.2, 0.25) is 5.95 Å². The van der Waals surface area contributed by atoms with Gasteiger partial charge < -0.3 is 14.7 Å². The number of nitrogens with zero attached hydrogens (tertiary/aromatic N) is 3. The van der Waals surface area contributed by atoms with Crippen LogP contribution in [0.1, 0.15) is 18.5 Å². The van der Waals surface area contributed by atoms with Crippen molar-refractivity contribution in [3.05, 3.63) is 18.0 Å². The average molecular weight is 237 g/mol. The van der Waals surface area contributed by atoms with E-state index in [0.717, 1.165) is 37.6 Å². The molecule has 1 saturated heterocycles. The van der Waals surface area contributed by atoms with E-state index < -0.39 is 0 Å². The molecule has 0 bridgehead atoms. The van der Waals surface area contributed by atoms with Crippen molar-refractivity contribution in [2.24, 2.45) is 5.92 Å². The maximum atomic E-state index is 9.21. The van der Waals surface area contributed by atoms with Crippen LogP contribution in [-0.4, -0.2) is 41.9 Å². The molecule has 5 nitrogen and oxygen atoms in total. The highest BCUT2D eigenvalue weighted by Crippen LogP contribution is 2.19. The monoisotopic (exact) mass is 237 g/mol. The number of hydrogen-bond donors (Lipinski definition) is 1. The number of hydrogen-bond acceptors (Lipinski definition) is 5. The molecule has 0 saturated carbocycles. The molecule has 1 atom stereocenters. The lowest BCUT2D eigenvalue weighted by atomic mass is 9.99. The molecule has 1 aliphatic rings. The number of piperidine rings is 1. The molecule has 17 heavy (non-hydrogen) atoms. The topological polar surface area (TPSA) is 58.5 Å². The number of anilines is 1. The van der Waals surface area contributed by atoms with Gasteiger partial charge in [-0.3, -0.25) is 0 Å². The van der Waals surface area contributed by atoms with Gasteiger partial charge in [-0.25, -0.2) is 9.97 Å². The van der Waals surface area contributed by atoms with Crippen molar-refractivity contribution in [1.82, 2.24) is 9.97 Å². The van der Waals surface area contributed by atoms with Crippen molar-refractivity contribution < 1.29 is 9.84 Å². The largest absolute Gasteiger partial charge is 0.396 e. The highest BCUT2D eigenvalue weighted by Gasteiger charge is 2.21. The van der Waals surface area contributed by atoms with Gasteiger partial charge in [0.05, 0.1) is 12.3 Å². The van der Waals surface area contributed by atoms with Crippen molar-refractivity contribution in [3.63, 3.8) is 0 Å². The van der Waals surface area contributed by atoms with Crippen LogP contribution >= 0.6 is 0 Å². The molecule has 1 unspecified atom stereocenters. The summed E-state index contributed by atoms with van der Waals surface area (Å²) in [4.78, 5) is 10.9. The standard InChI is InChI=1S/C12H19N3O2/c1-17-9-11-4-5-13-12(14-11)15-6-2-3-10(7-15)8-16/h4-5,10,16H,2-3,6-9H2,1H3. The second-order valence-electron chi connectivity index (χ2n) is 4.42. The average Bonchev–Trinajstić information content (AvgIpc) is 2.40. The predicted octanol–water partition coefficient (Wildman–Crippen LogP) is 0.832. The Hall–Kier alpha value is -1.20. The molecular weight excluding hydrogens is 218 g/mol. The summed E-state index contributed by atoms with van der Waals surface area (Å²) < 4.78 is 5.06. The van der Waals surface area contributed by atoms with Crippen LogP contribution in [0, 0.1) is 5.92 Å². The molecule has 1 fully saturated rings. The van der Waals surface area contributed by atoms with Crippen LogP contribution in [0.2, 0.25) is 0 Å². The SMILES string of the molecule is COCc1ccnc(N2CCCC(CO)C2)n1. The van der Waals surface area contributed by atoms with Gasteiger partial charge in [-0.05, 0) is 24.8 Å². The lowest BCUT2D eigenvalue weighted by Gasteiger charge is -2.31. The lowest BCUT2D eigenvalue weighted by molar-refractivity contribution is 0.181. The number of aliphatic hydroxyl groups is 1. The molecular formula is C12H19N3O2. The number of aromatic nitrogens is 2. The Kier molecular flexibility index (Phi) is 4.28. The summed E-state index contributed by atoms with van der Waals surface area (Å²) in [5.41, 5.74) is 0.892. The maximum Gasteiger partial charge on any atom is 0.225 e. The van der Waals surface area contributed by atoms with Gasteiger partial charge in [-0.15, -0.1) is 0 Å². The number of aliphatic hydroxyl groups excluding tert-OH is 1. The molecule has 0 aromatic carbocycles. The van der Waals surface area contributed by atoms with Crippen LogP contribution in [0.4, 0.5) is 5.95 Å². The van der Waals surface area contributed by atoms with Crippen LogP contribution in [0.3, 0.4) is 0 Å². The number of ether oxygens (including phenoxy) is 1. The van der Waals surface area contributed by atoms with E-state index in [1.54, 1.807) is 13.3 Å². The zero-order valence-corrected chi connectivity index (χ0v) is 10.2. The Morgan fingerprint density at radius 3 is 3.24 bits per heavy atom. The second-order valence-corrected chi connectivity index (χ2v) is 4.42. The molecule has 94 valence electrons. The van der Waals surface area contributed by atoms with Gasteiger partial charge in [0.1, 0.15) is 0 Å². The summed E-state index contributed by atoms with van der Waals surface area (Å²) in [6, 6.07) is 1.86. The summed E-state index contributed by atoms with van der Waals surface area (Å²) in [7, 11) is 1.66. The van der Waals surface area contributed by atoms with Crippen molar-refractivity contribution in [2.45, 2.75) is 19.4 Å². The summed E-state index contributed by atoms with van der Waals surface area (Å²) in [5, 5.41) is 9.21. The Bertz CT molecular complexity index is 359. The fraction of sp³-hybridized carbons (Fsp3) is 0.667. The smallest absolute Gasteiger partial charge is 0.225 e. The Labute approximate surface area is 101 Å². The van der Waals surface area contributed by atoms with E-state index in [2.05, 4.69) is 14.9 Å². The fourth-order valence-corrected chi connectivity index (χ4v) is 2.16. The van der Waals surface area contributed by atoms with Crippen molar-refractivity contribution in [2.75, 3.05) is 31.7 Å². The molecule has 5 heteroatoms. The van der Waals surface area contributed by atoms with Crippen LogP contribution in [0.5, 0.6) is 0 Å². The first-order valence-electron chi connectivity index (χ1n) is 6.00. The van der Waals surface area contributed by atoms with Gasteiger partial charge in [0.25, 0.3) is 0 Å². The Morgan fingerprint density at radius 2 is 2.47 bits per heavy atom. The molecule has 2 rings (SSSR count).